The maximum absolute atomic E-state index is 12.7. The maximum atomic E-state index is 12.7. The Labute approximate surface area is 162 Å². The van der Waals surface area contributed by atoms with Crippen LogP contribution in [0.1, 0.15) is 5.56 Å². The van der Waals surface area contributed by atoms with Crippen LogP contribution in [0, 0.1) is 0 Å². The molecule has 0 atom stereocenters. The first-order valence-electron chi connectivity index (χ1n) is 8.98. The van der Waals surface area contributed by atoms with Gasteiger partial charge in [-0.05, 0) is 24.1 Å². The molecule has 0 bridgehead atoms. The average Bonchev–Trinajstić information content (AvgIpc) is 2.69. The average molecular weight is 391 g/mol. The third-order valence-corrected chi connectivity index (χ3v) is 5.35. The fraction of sp³-hybridized carbons (Fsp3) is 0.350. The van der Waals surface area contributed by atoms with Crippen molar-refractivity contribution in [3.8, 4) is 0 Å². The number of carbonyl (C=O) groups is 1. The van der Waals surface area contributed by atoms with Gasteiger partial charge in [-0.2, -0.15) is 8.78 Å². The number of rotatable bonds is 6. The normalized spacial score (nSPS) is 15.1. The Hall–Kier alpha value is -2.12. The van der Waals surface area contributed by atoms with Crippen molar-refractivity contribution in [1.29, 1.82) is 0 Å². The molecule has 1 aliphatic rings. The van der Waals surface area contributed by atoms with E-state index in [1.54, 1.807) is 29.2 Å². The van der Waals surface area contributed by atoms with Gasteiger partial charge in [0.2, 0.25) is 0 Å². The van der Waals surface area contributed by atoms with Crippen molar-refractivity contribution in [2.45, 2.75) is 17.1 Å². The van der Waals surface area contributed by atoms with Crippen LogP contribution < -0.4 is 5.32 Å². The first kappa shape index (κ1) is 19.6. The molecule has 7 heteroatoms. The summed E-state index contributed by atoms with van der Waals surface area (Å²) in [5, 5.41) is 2.77. The number of hydrogen-bond donors (Lipinski definition) is 1. The van der Waals surface area contributed by atoms with Crippen molar-refractivity contribution in [3.05, 3.63) is 60.2 Å². The molecule has 0 unspecified atom stereocenters. The zero-order chi connectivity index (χ0) is 19.1. The van der Waals surface area contributed by atoms with E-state index in [1.807, 2.05) is 18.2 Å². The number of alkyl halides is 2. The first-order valence-corrected chi connectivity index (χ1v) is 9.86. The Morgan fingerprint density at radius 3 is 2.37 bits per heavy atom. The summed E-state index contributed by atoms with van der Waals surface area (Å²) >= 11 is 0.444. The van der Waals surface area contributed by atoms with Gasteiger partial charge in [-0.3, -0.25) is 4.90 Å². The van der Waals surface area contributed by atoms with Crippen LogP contribution in [-0.4, -0.2) is 54.3 Å². The molecule has 2 aromatic rings. The van der Waals surface area contributed by atoms with E-state index in [9.17, 15) is 13.6 Å². The highest BCUT2D eigenvalue weighted by molar-refractivity contribution is 7.99. The lowest BCUT2D eigenvalue weighted by Gasteiger charge is -2.34. The topological polar surface area (TPSA) is 35.6 Å². The van der Waals surface area contributed by atoms with E-state index >= 15 is 0 Å². The predicted molar refractivity (Wildman–Crippen MR) is 105 cm³/mol. The van der Waals surface area contributed by atoms with E-state index in [1.165, 1.54) is 5.56 Å². The van der Waals surface area contributed by atoms with Gasteiger partial charge in [-0.1, -0.05) is 54.2 Å². The van der Waals surface area contributed by atoms with E-state index in [0.29, 0.717) is 35.4 Å². The van der Waals surface area contributed by atoms with Crippen LogP contribution in [0.2, 0.25) is 0 Å². The van der Waals surface area contributed by atoms with Gasteiger partial charge in [0.1, 0.15) is 0 Å². The van der Waals surface area contributed by atoms with Gasteiger partial charge in [0.25, 0.3) is 5.76 Å². The standard InChI is InChI=1S/C20H23F2N3OS/c21-19(22)27-18-9-5-4-8-17(18)23-20(26)25-14-12-24(13-15-25)11-10-16-6-2-1-3-7-16/h1-9,19H,10-15H2,(H,23,26). The number of urea groups is 1. The van der Waals surface area contributed by atoms with Gasteiger partial charge >= 0.3 is 6.03 Å². The van der Waals surface area contributed by atoms with Gasteiger partial charge in [0.15, 0.2) is 0 Å². The molecule has 0 radical (unpaired) electrons. The number of anilines is 1. The maximum Gasteiger partial charge on any atom is 0.321 e. The van der Waals surface area contributed by atoms with E-state index in [4.69, 9.17) is 0 Å². The molecular weight excluding hydrogens is 368 g/mol. The van der Waals surface area contributed by atoms with Crippen LogP contribution in [0.4, 0.5) is 19.3 Å². The van der Waals surface area contributed by atoms with E-state index in [0.717, 1.165) is 26.1 Å². The van der Waals surface area contributed by atoms with Crippen molar-refractivity contribution in [1.82, 2.24) is 9.80 Å². The molecule has 2 amide bonds. The zero-order valence-corrected chi connectivity index (χ0v) is 15.8. The van der Waals surface area contributed by atoms with Crippen LogP contribution in [-0.2, 0) is 6.42 Å². The predicted octanol–water partition coefficient (Wildman–Crippen LogP) is 4.39. The van der Waals surface area contributed by atoms with Crippen LogP contribution in [0.15, 0.2) is 59.5 Å². The number of carbonyl (C=O) groups excluding carboxylic acids is 1. The summed E-state index contributed by atoms with van der Waals surface area (Å²) in [5.74, 6) is -2.52. The second-order valence-electron chi connectivity index (χ2n) is 6.37. The quantitative estimate of drug-likeness (QED) is 0.742. The largest absolute Gasteiger partial charge is 0.322 e. The van der Waals surface area contributed by atoms with Crippen LogP contribution in [0.3, 0.4) is 0 Å². The molecular formula is C20H23F2N3OS. The molecule has 27 heavy (non-hydrogen) atoms. The molecule has 0 spiro atoms. The molecule has 0 saturated carbocycles. The number of nitrogens with one attached hydrogen (secondary N) is 1. The number of piperazine rings is 1. The molecule has 2 aromatic carbocycles. The number of benzene rings is 2. The lowest BCUT2D eigenvalue weighted by molar-refractivity contribution is 0.148. The molecule has 0 aliphatic carbocycles. The van der Waals surface area contributed by atoms with Crippen molar-refractivity contribution in [2.75, 3.05) is 38.0 Å². The highest BCUT2D eigenvalue weighted by Gasteiger charge is 2.22. The number of thioether (sulfide) groups is 1. The Balaban J connectivity index is 1.47. The van der Waals surface area contributed by atoms with Crippen LogP contribution >= 0.6 is 11.8 Å². The summed E-state index contributed by atoms with van der Waals surface area (Å²) in [6, 6.07) is 16.8. The lowest BCUT2D eigenvalue weighted by Crippen LogP contribution is -2.50. The van der Waals surface area contributed by atoms with Gasteiger partial charge in [0, 0.05) is 37.6 Å². The second kappa shape index (κ2) is 9.71. The smallest absolute Gasteiger partial charge is 0.321 e. The molecule has 0 aromatic heterocycles. The summed E-state index contributed by atoms with van der Waals surface area (Å²) < 4.78 is 25.3. The summed E-state index contributed by atoms with van der Waals surface area (Å²) in [6.45, 7) is 3.85. The van der Waals surface area contributed by atoms with E-state index in [-0.39, 0.29) is 6.03 Å². The van der Waals surface area contributed by atoms with Crippen molar-refractivity contribution >= 4 is 23.5 Å². The van der Waals surface area contributed by atoms with Crippen molar-refractivity contribution in [3.63, 3.8) is 0 Å². The Morgan fingerprint density at radius 2 is 1.67 bits per heavy atom. The second-order valence-corrected chi connectivity index (χ2v) is 7.40. The zero-order valence-electron chi connectivity index (χ0n) is 15.0. The number of nitrogens with zero attached hydrogens (tertiary/aromatic N) is 2. The van der Waals surface area contributed by atoms with Gasteiger partial charge in [-0.15, -0.1) is 0 Å². The SMILES string of the molecule is O=C(Nc1ccccc1SC(F)F)N1CCN(CCc2ccccc2)CC1. The monoisotopic (exact) mass is 391 g/mol. The van der Waals surface area contributed by atoms with Crippen molar-refractivity contribution < 1.29 is 13.6 Å². The lowest BCUT2D eigenvalue weighted by atomic mass is 10.1. The summed E-state index contributed by atoms with van der Waals surface area (Å²) in [4.78, 5) is 17.0. The molecule has 1 saturated heterocycles. The number of para-hydroxylation sites is 1. The third kappa shape index (κ3) is 5.94. The molecule has 3 rings (SSSR count). The molecule has 1 N–H and O–H groups in total. The minimum Gasteiger partial charge on any atom is -0.322 e. The van der Waals surface area contributed by atoms with Gasteiger partial charge in [0.05, 0.1) is 5.69 Å². The molecule has 1 fully saturated rings. The first-order chi connectivity index (χ1) is 13.1. The third-order valence-electron chi connectivity index (χ3n) is 4.56. The summed E-state index contributed by atoms with van der Waals surface area (Å²) in [6.07, 6.45) is 0.991. The number of hydrogen-bond acceptors (Lipinski definition) is 3. The highest BCUT2D eigenvalue weighted by atomic mass is 32.2. The highest BCUT2D eigenvalue weighted by Crippen LogP contribution is 2.31. The molecule has 1 aliphatic heterocycles. The van der Waals surface area contributed by atoms with Crippen LogP contribution in [0.25, 0.3) is 0 Å². The fourth-order valence-electron chi connectivity index (χ4n) is 3.07. The Kier molecular flexibility index (Phi) is 7.06. The van der Waals surface area contributed by atoms with Crippen molar-refractivity contribution in [2.24, 2.45) is 0 Å². The summed E-state index contributed by atoms with van der Waals surface area (Å²) in [5.41, 5.74) is 1.74. The minimum absolute atomic E-state index is 0.236. The molecule has 4 nitrogen and oxygen atoms in total. The van der Waals surface area contributed by atoms with Crippen LogP contribution in [0.5, 0.6) is 0 Å². The Bertz CT molecular complexity index is 737. The molecule has 144 valence electrons. The van der Waals surface area contributed by atoms with E-state index in [2.05, 4.69) is 22.3 Å². The summed E-state index contributed by atoms with van der Waals surface area (Å²) in [7, 11) is 0. The fourth-order valence-corrected chi connectivity index (χ4v) is 3.66. The molecule has 1 heterocycles. The van der Waals surface area contributed by atoms with Gasteiger partial charge in [-0.25, -0.2) is 4.79 Å². The minimum atomic E-state index is -2.52. The number of halogens is 2. The Morgan fingerprint density at radius 1 is 1.00 bits per heavy atom. The van der Waals surface area contributed by atoms with Gasteiger partial charge < -0.3 is 10.2 Å². The number of amides is 2. The van der Waals surface area contributed by atoms with E-state index < -0.39 is 5.76 Å².